The highest BCUT2D eigenvalue weighted by Gasteiger charge is 2.33. The van der Waals surface area contributed by atoms with Gasteiger partial charge in [0.05, 0.1) is 6.61 Å². The average molecular weight is 213 g/mol. The molecule has 3 nitrogen and oxygen atoms in total. The average Bonchev–Trinajstić information content (AvgIpc) is 2.85. The Morgan fingerprint density at radius 2 is 2.20 bits per heavy atom. The number of ether oxygens (including phenoxy) is 1. The Kier molecular flexibility index (Phi) is 3.65. The van der Waals surface area contributed by atoms with Gasteiger partial charge in [0.1, 0.15) is 5.60 Å². The molecule has 1 aliphatic heterocycles. The first-order valence-electron chi connectivity index (χ1n) is 6.23. The van der Waals surface area contributed by atoms with E-state index < -0.39 is 5.60 Å². The summed E-state index contributed by atoms with van der Waals surface area (Å²) in [7, 11) is 0. The number of rotatable bonds is 4. The van der Waals surface area contributed by atoms with Crippen LogP contribution < -0.4 is 5.32 Å². The van der Waals surface area contributed by atoms with Gasteiger partial charge in [-0.1, -0.05) is 12.8 Å². The second kappa shape index (κ2) is 4.81. The van der Waals surface area contributed by atoms with E-state index in [0.717, 1.165) is 12.3 Å². The van der Waals surface area contributed by atoms with Gasteiger partial charge in [-0.05, 0) is 25.7 Å². The summed E-state index contributed by atoms with van der Waals surface area (Å²) in [6, 6.07) is 0.539. The molecule has 1 heterocycles. The Morgan fingerprint density at radius 1 is 1.47 bits per heavy atom. The van der Waals surface area contributed by atoms with Crippen LogP contribution in [0, 0.1) is 5.92 Å². The van der Waals surface area contributed by atoms with Crippen LogP contribution in [0.4, 0.5) is 0 Å². The van der Waals surface area contributed by atoms with Crippen molar-refractivity contribution in [1.82, 2.24) is 5.32 Å². The molecule has 2 atom stereocenters. The first kappa shape index (κ1) is 11.4. The molecule has 1 saturated heterocycles. The van der Waals surface area contributed by atoms with Crippen LogP contribution in [0.2, 0.25) is 0 Å². The highest BCUT2D eigenvalue weighted by molar-refractivity contribution is 4.87. The van der Waals surface area contributed by atoms with Crippen LogP contribution in [0.25, 0.3) is 0 Å². The van der Waals surface area contributed by atoms with Gasteiger partial charge in [0.15, 0.2) is 0 Å². The first-order chi connectivity index (χ1) is 7.20. The van der Waals surface area contributed by atoms with Crippen LogP contribution in [0.5, 0.6) is 0 Å². The van der Waals surface area contributed by atoms with E-state index in [9.17, 15) is 5.11 Å². The highest BCUT2D eigenvalue weighted by Crippen LogP contribution is 2.28. The molecule has 2 unspecified atom stereocenters. The van der Waals surface area contributed by atoms with Crippen molar-refractivity contribution in [3.05, 3.63) is 0 Å². The van der Waals surface area contributed by atoms with E-state index in [0.29, 0.717) is 25.8 Å². The van der Waals surface area contributed by atoms with Crippen molar-refractivity contribution >= 4 is 0 Å². The van der Waals surface area contributed by atoms with Crippen LogP contribution in [-0.4, -0.2) is 36.5 Å². The maximum atomic E-state index is 10.1. The molecule has 0 amide bonds. The lowest BCUT2D eigenvalue weighted by atomic mass is 9.97. The van der Waals surface area contributed by atoms with E-state index in [1.807, 2.05) is 0 Å². The number of aliphatic hydroxyl groups is 1. The summed E-state index contributed by atoms with van der Waals surface area (Å²) in [5.74, 6) is 0.816. The van der Waals surface area contributed by atoms with Gasteiger partial charge >= 0.3 is 0 Å². The smallest absolute Gasteiger partial charge is 0.102 e. The first-order valence-corrected chi connectivity index (χ1v) is 6.23. The molecule has 2 rings (SSSR count). The summed E-state index contributed by atoms with van der Waals surface area (Å²) in [4.78, 5) is 0. The highest BCUT2D eigenvalue weighted by atomic mass is 16.5. The molecule has 0 aromatic carbocycles. The fraction of sp³-hybridized carbons (Fsp3) is 1.00. The third-order valence-corrected chi connectivity index (χ3v) is 3.94. The molecule has 0 radical (unpaired) electrons. The monoisotopic (exact) mass is 213 g/mol. The fourth-order valence-electron chi connectivity index (χ4n) is 2.71. The molecule has 0 spiro atoms. The van der Waals surface area contributed by atoms with Crippen LogP contribution in [0.1, 0.15) is 39.0 Å². The molecule has 88 valence electrons. The molecule has 0 aromatic heterocycles. The molecule has 0 bridgehead atoms. The summed E-state index contributed by atoms with van der Waals surface area (Å²) in [6.45, 7) is 4.13. The minimum atomic E-state index is -0.604. The fourth-order valence-corrected chi connectivity index (χ4v) is 2.71. The lowest BCUT2D eigenvalue weighted by Gasteiger charge is -2.26. The zero-order valence-corrected chi connectivity index (χ0v) is 9.67. The van der Waals surface area contributed by atoms with E-state index in [1.54, 1.807) is 0 Å². The predicted octanol–water partition coefficient (Wildman–Crippen LogP) is 1.31. The summed E-state index contributed by atoms with van der Waals surface area (Å²) in [5.41, 5.74) is -0.604. The summed E-state index contributed by atoms with van der Waals surface area (Å²) < 4.78 is 5.23. The Hall–Kier alpha value is -0.120. The number of nitrogens with one attached hydrogen (secondary N) is 1. The van der Waals surface area contributed by atoms with Crippen LogP contribution in [0.15, 0.2) is 0 Å². The van der Waals surface area contributed by atoms with Gasteiger partial charge in [-0.25, -0.2) is 0 Å². The third kappa shape index (κ3) is 2.92. The zero-order valence-electron chi connectivity index (χ0n) is 9.67. The predicted molar refractivity (Wildman–Crippen MR) is 59.8 cm³/mol. The van der Waals surface area contributed by atoms with Crippen molar-refractivity contribution < 1.29 is 9.84 Å². The van der Waals surface area contributed by atoms with Gasteiger partial charge in [-0.2, -0.15) is 0 Å². The minimum absolute atomic E-state index is 0.497. The largest absolute Gasteiger partial charge is 0.386 e. The Labute approximate surface area is 92.2 Å². The van der Waals surface area contributed by atoms with Crippen molar-refractivity contribution in [2.75, 3.05) is 19.8 Å². The molecular weight excluding hydrogens is 190 g/mol. The normalized spacial score (nSPS) is 34.8. The molecule has 1 saturated carbocycles. The van der Waals surface area contributed by atoms with Crippen LogP contribution in [-0.2, 0) is 4.74 Å². The second-order valence-electron chi connectivity index (χ2n) is 5.24. The van der Waals surface area contributed by atoms with Crippen molar-refractivity contribution in [3.63, 3.8) is 0 Å². The topological polar surface area (TPSA) is 41.5 Å². The van der Waals surface area contributed by atoms with Gasteiger partial charge in [0.25, 0.3) is 0 Å². The van der Waals surface area contributed by atoms with Gasteiger partial charge in [-0.3, -0.25) is 0 Å². The van der Waals surface area contributed by atoms with Crippen molar-refractivity contribution in [3.8, 4) is 0 Å². The van der Waals surface area contributed by atoms with E-state index in [1.165, 1.54) is 25.7 Å². The molecule has 3 heteroatoms. The molecule has 1 aliphatic carbocycles. The van der Waals surface area contributed by atoms with E-state index in [2.05, 4.69) is 12.2 Å². The van der Waals surface area contributed by atoms with Crippen LogP contribution in [0.3, 0.4) is 0 Å². The Balaban J connectivity index is 1.72. The number of hydrogen-bond donors (Lipinski definition) is 2. The van der Waals surface area contributed by atoms with Gasteiger partial charge < -0.3 is 15.2 Å². The van der Waals surface area contributed by atoms with Crippen molar-refractivity contribution in [2.24, 2.45) is 5.92 Å². The van der Waals surface area contributed by atoms with Crippen molar-refractivity contribution in [2.45, 2.75) is 50.7 Å². The lowest BCUT2D eigenvalue weighted by Crippen LogP contribution is -2.45. The Morgan fingerprint density at radius 3 is 2.80 bits per heavy atom. The third-order valence-electron chi connectivity index (χ3n) is 3.94. The molecular formula is C12H23NO2. The van der Waals surface area contributed by atoms with E-state index in [4.69, 9.17) is 4.74 Å². The molecule has 2 fully saturated rings. The molecule has 15 heavy (non-hydrogen) atoms. The maximum absolute atomic E-state index is 10.1. The summed E-state index contributed by atoms with van der Waals surface area (Å²) in [5, 5.41) is 13.6. The quantitative estimate of drug-likeness (QED) is 0.740. The Bertz CT molecular complexity index is 196. The summed E-state index contributed by atoms with van der Waals surface area (Å²) >= 11 is 0. The van der Waals surface area contributed by atoms with E-state index >= 15 is 0 Å². The van der Waals surface area contributed by atoms with Gasteiger partial charge in [0, 0.05) is 25.6 Å². The number of hydrogen-bond acceptors (Lipinski definition) is 3. The summed E-state index contributed by atoms with van der Waals surface area (Å²) in [6.07, 6.45) is 6.23. The van der Waals surface area contributed by atoms with Gasteiger partial charge in [-0.15, -0.1) is 0 Å². The van der Waals surface area contributed by atoms with Crippen molar-refractivity contribution in [1.29, 1.82) is 0 Å². The minimum Gasteiger partial charge on any atom is -0.386 e. The van der Waals surface area contributed by atoms with Gasteiger partial charge in [0.2, 0.25) is 0 Å². The second-order valence-corrected chi connectivity index (χ2v) is 5.24. The SMILES string of the molecule is CC(NCC1(O)CCOC1)C1CCCC1. The maximum Gasteiger partial charge on any atom is 0.102 e. The van der Waals surface area contributed by atoms with Crippen LogP contribution >= 0.6 is 0 Å². The molecule has 2 aliphatic rings. The zero-order chi connectivity index (χ0) is 10.7. The standard InChI is InChI=1S/C12H23NO2/c1-10(11-4-2-3-5-11)13-8-12(14)6-7-15-9-12/h10-11,13-14H,2-9H2,1H3. The molecule has 0 aromatic rings. The molecule has 2 N–H and O–H groups in total. The lowest BCUT2D eigenvalue weighted by molar-refractivity contribution is 0.0237. The van der Waals surface area contributed by atoms with E-state index in [-0.39, 0.29) is 0 Å².